The summed E-state index contributed by atoms with van der Waals surface area (Å²) < 4.78 is 10.0. The Bertz CT molecular complexity index is 81.8. The number of rotatable bonds is 0. The number of hydrogen-bond acceptors (Lipinski definition) is 2. The van der Waals surface area contributed by atoms with Crippen molar-refractivity contribution in [3.05, 3.63) is 12.5 Å². The fourth-order valence-electron chi connectivity index (χ4n) is 0.327. The molecule has 1 rings (SSSR count). The Morgan fingerprint density at radius 2 is 2.43 bits per heavy atom. The lowest BCUT2D eigenvalue weighted by atomic mass is 10.7. The van der Waals surface area contributed by atoms with Gasteiger partial charge in [0.25, 0.3) is 0 Å². The van der Waals surface area contributed by atoms with Crippen LogP contribution in [0.25, 0.3) is 0 Å². The van der Waals surface area contributed by atoms with Gasteiger partial charge in [0, 0.05) is 0 Å². The minimum Gasteiger partial charge on any atom is -0.493 e. The van der Waals surface area contributed by atoms with E-state index in [1.165, 1.54) is 0 Å². The maximum Gasteiger partial charge on any atom is 0.182 e. The van der Waals surface area contributed by atoms with E-state index in [-0.39, 0.29) is 4.11 Å². The molecule has 1 atom stereocenters. The van der Waals surface area contributed by atoms with E-state index in [1.807, 2.05) is 0 Å². The molecule has 0 N–H and O–H groups in total. The summed E-state index contributed by atoms with van der Waals surface area (Å²) in [6, 6.07) is 0. The van der Waals surface area contributed by atoms with Gasteiger partial charge in [0.1, 0.15) is 19.1 Å². The fourth-order valence-corrected chi connectivity index (χ4v) is 0.704. The van der Waals surface area contributed by atoms with Crippen molar-refractivity contribution in [1.82, 2.24) is 0 Å². The van der Waals surface area contributed by atoms with Gasteiger partial charge in [-0.25, -0.2) is 0 Å². The Hall–Kier alpha value is 0.0700. The molecule has 0 amide bonds. The zero-order valence-corrected chi connectivity index (χ0v) is 5.79. The zero-order valence-electron chi connectivity index (χ0n) is 3.63. The van der Waals surface area contributed by atoms with Crippen LogP contribution in [0.1, 0.15) is 0 Å². The highest BCUT2D eigenvalue weighted by molar-refractivity contribution is 14.1. The number of ether oxygens (including phenoxy) is 2. The molecule has 0 saturated carbocycles. The molecule has 0 spiro atoms. The molecular weight excluding hydrogens is 207 g/mol. The molecule has 0 aromatic heterocycles. The highest BCUT2D eigenvalue weighted by atomic mass is 127. The van der Waals surface area contributed by atoms with E-state index in [9.17, 15) is 0 Å². The van der Waals surface area contributed by atoms with Crippen molar-refractivity contribution in [2.24, 2.45) is 0 Å². The summed E-state index contributed by atoms with van der Waals surface area (Å²) in [6.45, 7) is 0.664. The largest absolute Gasteiger partial charge is 0.493 e. The molecule has 3 heteroatoms. The van der Waals surface area contributed by atoms with Gasteiger partial charge in [-0.3, -0.25) is 0 Å². The fraction of sp³-hybridized carbons (Fsp3) is 0.500. The Labute approximate surface area is 55.6 Å². The molecule has 1 aliphatic rings. The molecule has 7 heavy (non-hydrogen) atoms. The summed E-state index contributed by atoms with van der Waals surface area (Å²) >= 11 is 2.16. The Morgan fingerprint density at radius 3 is 2.71 bits per heavy atom. The zero-order chi connectivity index (χ0) is 5.11. The Kier molecular flexibility index (Phi) is 1.78. The van der Waals surface area contributed by atoms with Gasteiger partial charge >= 0.3 is 0 Å². The molecular formula is C4H5IO2. The van der Waals surface area contributed by atoms with Crippen LogP contribution in [0.15, 0.2) is 12.5 Å². The molecule has 0 aromatic carbocycles. The van der Waals surface area contributed by atoms with Gasteiger partial charge in [-0.15, -0.1) is 0 Å². The van der Waals surface area contributed by atoms with E-state index in [1.54, 1.807) is 12.5 Å². The summed E-state index contributed by atoms with van der Waals surface area (Å²) in [6.07, 6.45) is 3.11. The van der Waals surface area contributed by atoms with Crippen LogP contribution in [0, 0.1) is 0 Å². The van der Waals surface area contributed by atoms with E-state index < -0.39 is 0 Å². The molecule has 0 fully saturated rings. The molecule has 1 aliphatic heterocycles. The molecule has 0 saturated heterocycles. The molecule has 0 radical (unpaired) electrons. The lowest BCUT2D eigenvalue weighted by Crippen LogP contribution is -2.10. The number of alkyl halides is 1. The lowest BCUT2D eigenvalue weighted by Gasteiger charge is -2.12. The average molecular weight is 212 g/mol. The molecule has 2 nitrogen and oxygen atoms in total. The smallest absolute Gasteiger partial charge is 0.182 e. The van der Waals surface area contributed by atoms with Gasteiger partial charge in [-0.05, 0) is 22.6 Å². The molecule has 0 bridgehead atoms. The maximum atomic E-state index is 4.96. The van der Waals surface area contributed by atoms with Crippen LogP contribution in [0.3, 0.4) is 0 Å². The van der Waals surface area contributed by atoms with E-state index in [0.29, 0.717) is 6.61 Å². The SMILES string of the molecule is IC1COC=CO1. The second kappa shape index (κ2) is 2.40. The van der Waals surface area contributed by atoms with Crippen LogP contribution in [-0.4, -0.2) is 10.7 Å². The van der Waals surface area contributed by atoms with Crippen molar-refractivity contribution in [3.8, 4) is 0 Å². The highest BCUT2D eigenvalue weighted by Crippen LogP contribution is 2.07. The van der Waals surface area contributed by atoms with Crippen molar-refractivity contribution in [2.45, 2.75) is 4.11 Å². The quantitative estimate of drug-likeness (QED) is 0.444. The lowest BCUT2D eigenvalue weighted by molar-refractivity contribution is 0.0957. The average Bonchev–Trinajstić information content (AvgIpc) is 1.69. The number of hydrogen-bond donors (Lipinski definition) is 0. The van der Waals surface area contributed by atoms with E-state index >= 15 is 0 Å². The Balaban J connectivity index is 2.32. The predicted molar refractivity (Wildman–Crippen MR) is 34.0 cm³/mol. The van der Waals surface area contributed by atoms with Gasteiger partial charge in [-0.1, -0.05) is 0 Å². The molecule has 40 valence electrons. The topological polar surface area (TPSA) is 18.5 Å². The van der Waals surface area contributed by atoms with Crippen LogP contribution in [0.5, 0.6) is 0 Å². The van der Waals surface area contributed by atoms with Crippen molar-refractivity contribution >= 4 is 22.6 Å². The summed E-state index contributed by atoms with van der Waals surface area (Å²) in [4.78, 5) is 0. The van der Waals surface area contributed by atoms with Gasteiger partial charge in [0.2, 0.25) is 0 Å². The van der Waals surface area contributed by atoms with Gasteiger partial charge in [0.05, 0.1) is 0 Å². The minimum atomic E-state index is 0.197. The first-order chi connectivity index (χ1) is 3.39. The van der Waals surface area contributed by atoms with Crippen LogP contribution < -0.4 is 0 Å². The molecule has 0 aromatic rings. The van der Waals surface area contributed by atoms with Gasteiger partial charge < -0.3 is 9.47 Å². The second-order valence-electron chi connectivity index (χ2n) is 1.15. The number of halogens is 1. The molecule has 1 unspecified atom stereocenters. The van der Waals surface area contributed by atoms with Gasteiger partial charge in [0.15, 0.2) is 4.11 Å². The van der Waals surface area contributed by atoms with E-state index in [2.05, 4.69) is 22.6 Å². The first-order valence-corrected chi connectivity index (χ1v) is 3.20. The third-order valence-electron chi connectivity index (χ3n) is 0.605. The standard InChI is InChI=1S/C4H5IO2/c5-4-3-6-1-2-7-4/h1-2,4H,3H2. The predicted octanol–water partition coefficient (Wildman–Crippen LogP) is 1.27. The van der Waals surface area contributed by atoms with E-state index in [0.717, 1.165) is 0 Å². The van der Waals surface area contributed by atoms with Crippen LogP contribution in [-0.2, 0) is 9.47 Å². The van der Waals surface area contributed by atoms with Crippen LogP contribution >= 0.6 is 22.6 Å². The van der Waals surface area contributed by atoms with E-state index in [4.69, 9.17) is 9.47 Å². The summed E-state index contributed by atoms with van der Waals surface area (Å²) in [5.74, 6) is 0. The van der Waals surface area contributed by atoms with Crippen molar-refractivity contribution in [2.75, 3.05) is 6.61 Å². The minimum absolute atomic E-state index is 0.197. The first kappa shape index (κ1) is 5.21. The van der Waals surface area contributed by atoms with Crippen molar-refractivity contribution in [3.63, 3.8) is 0 Å². The van der Waals surface area contributed by atoms with Crippen LogP contribution in [0.4, 0.5) is 0 Å². The monoisotopic (exact) mass is 212 g/mol. The summed E-state index contributed by atoms with van der Waals surface area (Å²) in [7, 11) is 0. The van der Waals surface area contributed by atoms with Crippen molar-refractivity contribution in [1.29, 1.82) is 0 Å². The summed E-state index contributed by atoms with van der Waals surface area (Å²) in [5, 5.41) is 0. The molecule has 0 aliphatic carbocycles. The van der Waals surface area contributed by atoms with Crippen molar-refractivity contribution < 1.29 is 9.47 Å². The normalized spacial score (nSPS) is 28.4. The molecule has 1 heterocycles. The maximum absolute atomic E-state index is 4.96. The highest BCUT2D eigenvalue weighted by Gasteiger charge is 2.03. The third-order valence-corrected chi connectivity index (χ3v) is 1.26. The van der Waals surface area contributed by atoms with Crippen LogP contribution in [0.2, 0.25) is 0 Å². The third kappa shape index (κ3) is 1.54. The summed E-state index contributed by atoms with van der Waals surface area (Å²) in [5.41, 5.74) is 0. The second-order valence-corrected chi connectivity index (χ2v) is 2.54. The Morgan fingerprint density at radius 1 is 1.57 bits per heavy atom. The first-order valence-electron chi connectivity index (χ1n) is 1.96. The van der Waals surface area contributed by atoms with Gasteiger partial charge in [-0.2, -0.15) is 0 Å².